The van der Waals surface area contributed by atoms with Gasteiger partial charge in [0.05, 0.1) is 56.6 Å². The summed E-state index contributed by atoms with van der Waals surface area (Å²) in [6.45, 7) is 3.77. The van der Waals surface area contributed by atoms with Gasteiger partial charge in [0.15, 0.2) is 0 Å². The van der Waals surface area contributed by atoms with Crippen LogP contribution >= 0.6 is 70.6 Å². The molecule has 0 atom stereocenters. The maximum atomic E-state index is 9.21. The van der Waals surface area contributed by atoms with Crippen molar-refractivity contribution in [1.82, 2.24) is 0 Å². The maximum Gasteiger partial charge on any atom is 0.115 e. The first-order valence-corrected chi connectivity index (χ1v) is 13.3. The highest BCUT2D eigenvalue weighted by Crippen LogP contribution is 2.63. The molecule has 0 saturated heterocycles. The Morgan fingerprint density at radius 1 is 0.556 bits per heavy atom. The Morgan fingerprint density at radius 2 is 0.963 bits per heavy atom. The number of thioether (sulfide) groups is 6. The number of hydrogen-bond donors (Lipinski definition) is 0. The van der Waals surface area contributed by atoms with Crippen molar-refractivity contribution in [2.24, 2.45) is 0 Å². The lowest BCUT2D eigenvalue weighted by molar-refractivity contribution is 0.0205. The van der Waals surface area contributed by atoms with Crippen LogP contribution in [0.15, 0.2) is 26.8 Å². The fourth-order valence-corrected chi connectivity index (χ4v) is 10.2. The first-order valence-electron chi connectivity index (χ1n) is 8.05. The van der Waals surface area contributed by atoms with E-state index in [9.17, 15) is 10.5 Å². The van der Waals surface area contributed by atoms with Gasteiger partial charge in [0.2, 0.25) is 0 Å². The molecule has 3 heterocycles. The fraction of sp³-hybridized carbons (Fsp3) is 0.500. The molecule has 0 fully saturated rings. The van der Waals surface area contributed by atoms with Gasteiger partial charge in [-0.2, -0.15) is 10.5 Å². The summed E-state index contributed by atoms with van der Waals surface area (Å²) in [5.41, 5.74) is 0. The van der Waals surface area contributed by atoms with Crippen LogP contribution in [0.25, 0.3) is 0 Å². The minimum Gasteiger partial charge on any atom is -0.378 e. The van der Waals surface area contributed by atoms with Gasteiger partial charge in [0, 0.05) is 11.5 Å². The first-order chi connectivity index (χ1) is 13.3. The van der Waals surface area contributed by atoms with Crippen LogP contribution < -0.4 is 0 Å². The van der Waals surface area contributed by atoms with Crippen molar-refractivity contribution in [3.63, 3.8) is 0 Å². The summed E-state index contributed by atoms with van der Waals surface area (Å²) in [7, 11) is 0. The summed E-state index contributed by atoms with van der Waals surface area (Å²) in [4.78, 5) is 1.000. The zero-order chi connectivity index (χ0) is 18.9. The predicted octanol–water partition coefficient (Wildman–Crippen LogP) is 4.99. The summed E-state index contributed by atoms with van der Waals surface area (Å²) in [6, 6.07) is 4.26. The second-order valence-corrected chi connectivity index (χ2v) is 12.3. The van der Waals surface area contributed by atoms with Gasteiger partial charge in [0.1, 0.15) is 21.9 Å². The van der Waals surface area contributed by atoms with Crippen LogP contribution in [0.4, 0.5) is 0 Å². The van der Waals surface area contributed by atoms with E-state index in [1.54, 1.807) is 47.0 Å². The van der Waals surface area contributed by atoms with Crippen molar-refractivity contribution in [2.45, 2.75) is 0 Å². The Bertz CT molecular complexity index is 681. The number of hydrogen-bond acceptors (Lipinski definition) is 11. The Hall–Kier alpha value is 0.180. The van der Waals surface area contributed by atoms with Crippen molar-refractivity contribution in [3.05, 3.63) is 26.8 Å². The van der Waals surface area contributed by atoms with E-state index in [2.05, 4.69) is 12.1 Å². The van der Waals surface area contributed by atoms with E-state index in [-0.39, 0.29) is 0 Å². The molecule has 0 radical (unpaired) electrons. The molecule has 0 unspecified atom stereocenters. The van der Waals surface area contributed by atoms with Crippen molar-refractivity contribution in [1.29, 1.82) is 10.5 Å². The van der Waals surface area contributed by atoms with Gasteiger partial charge in [-0.1, -0.05) is 47.0 Å². The van der Waals surface area contributed by atoms with Crippen molar-refractivity contribution >= 4 is 70.6 Å². The van der Waals surface area contributed by atoms with Gasteiger partial charge in [-0.3, -0.25) is 0 Å². The normalized spacial score (nSPS) is 23.5. The standard InChI is InChI=1S/C16H16N2O3S6/c17-9-11-12(10-18)25-15(24-11)16-26-13-14(27-16)23-8-6-21-4-2-19-1-3-20-5-7-22-13/h1-8H2. The van der Waals surface area contributed by atoms with Gasteiger partial charge in [0.25, 0.3) is 0 Å². The van der Waals surface area contributed by atoms with E-state index in [1.165, 1.54) is 32.0 Å². The maximum absolute atomic E-state index is 9.21. The zero-order valence-corrected chi connectivity index (χ0v) is 19.1. The van der Waals surface area contributed by atoms with E-state index >= 15 is 0 Å². The van der Waals surface area contributed by atoms with Crippen molar-refractivity contribution in [2.75, 3.05) is 51.1 Å². The molecule has 0 aromatic heterocycles. The molecule has 3 rings (SSSR count). The molecule has 0 spiro atoms. The van der Waals surface area contributed by atoms with E-state index in [0.717, 1.165) is 20.0 Å². The molecular weight excluding hydrogens is 461 g/mol. The molecule has 5 nitrogen and oxygen atoms in total. The highest BCUT2D eigenvalue weighted by Gasteiger charge is 2.30. The fourth-order valence-electron chi connectivity index (χ4n) is 1.99. The average Bonchev–Trinajstić information content (AvgIpc) is 3.28. The molecule has 27 heavy (non-hydrogen) atoms. The van der Waals surface area contributed by atoms with E-state index in [4.69, 9.17) is 14.2 Å². The molecule has 0 aromatic rings. The van der Waals surface area contributed by atoms with E-state index in [0.29, 0.717) is 49.5 Å². The third-order valence-corrected chi connectivity index (χ3v) is 11.5. The van der Waals surface area contributed by atoms with Crippen LogP contribution in [0.3, 0.4) is 0 Å². The Kier molecular flexibility index (Phi) is 9.73. The summed E-state index contributed by atoms with van der Waals surface area (Å²) in [5.74, 6) is 1.77. The molecule has 0 amide bonds. The van der Waals surface area contributed by atoms with E-state index in [1.807, 2.05) is 0 Å². The van der Waals surface area contributed by atoms with Gasteiger partial charge < -0.3 is 14.2 Å². The summed E-state index contributed by atoms with van der Waals surface area (Å²) >= 11 is 9.88. The molecule has 3 aliphatic heterocycles. The molecule has 11 heteroatoms. The topological polar surface area (TPSA) is 75.3 Å². The molecule has 3 aliphatic rings. The van der Waals surface area contributed by atoms with Crippen LogP contribution in [0.1, 0.15) is 0 Å². The number of ether oxygens (including phenoxy) is 3. The molecule has 144 valence electrons. The van der Waals surface area contributed by atoms with Crippen LogP contribution in [0.5, 0.6) is 0 Å². The van der Waals surface area contributed by atoms with Crippen LogP contribution in [-0.2, 0) is 14.2 Å². The minimum absolute atomic E-state index is 0.500. The van der Waals surface area contributed by atoms with Crippen LogP contribution in [-0.4, -0.2) is 51.1 Å². The lowest BCUT2D eigenvalue weighted by atomic mass is 10.5. The Labute approximate surface area is 184 Å². The predicted molar refractivity (Wildman–Crippen MR) is 120 cm³/mol. The Balaban J connectivity index is 1.64. The molecule has 0 N–H and O–H groups in total. The molecule has 0 aromatic carbocycles. The van der Waals surface area contributed by atoms with Gasteiger partial charge in [-0.15, -0.1) is 23.5 Å². The average molecular weight is 477 g/mol. The lowest BCUT2D eigenvalue weighted by Gasteiger charge is -2.06. The third-order valence-electron chi connectivity index (χ3n) is 3.17. The number of allylic oxidation sites excluding steroid dienone is 2. The zero-order valence-electron chi connectivity index (χ0n) is 14.2. The van der Waals surface area contributed by atoms with Gasteiger partial charge in [-0.25, -0.2) is 0 Å². The summed E-state index contributed by atoms with van der Waals surface area (Å²) in [5, 5.41) is 18.4. The Morgan fingerprint density at radius 3 is 1.41 bits per heavy atom. The molecular formula is C16H16N2O3S6. The van der Waals surface area contributed by atoms with Gasteiger partial charge >= 0.3 is 0 Å². The summed E-state index contributed by atoms with van der Waals surface area (Å²) < 4.78 is 21.4. The molecule has 0 bridgehead atoms. The SMILES string of the molecule is N#CC1=C(C#N)SC(=C2SC3=C(SCCOCCOCCOCCS3)S2)S1. The summed E-state index contributed by atoms with van der Waals surface area (Å²) in [6.07, 6.45) is 0. The second kappa shape index (κ2) is 12.0. The first kappa shape index (κ1) is 21.9. The van der Waals surface area contributed by atoms with E-state index < -0.39 is 0 Å². The highest BCUT2D eigenvalue weighted by molar-refractivity contribution is 8.42. The number of nitriles is 2. The van der Waals surface area contributed by atoms with Gasteiger partial charge in [-0.05, 0) is 0 Å². The quantitative estimate of drug-likeness (QED) is 0.474. The number of rotatable bonds is 0. The smallest absolute Gasteiger partial charge is 0.115 e. The van der Waals surface area contributed by atoms with Crippen LogP contribution in [0, 0.1) is 22.7 Å². The third kappa shape index (κ3) is 6.59. The number of nitrogens with zero attached hydrogens (tertiary/aromatic N) is 2. The largest absolute Gasteiger partial charge is 0.378 e. The molecule has 0 saturated carbocycles. The molecule has 0 aliphatic carbocycles. The van der Waals surface area contributed by atoms with Crippen molar-refractivity contribution < 1.29 is 14.2 Å². The van der Waals surface area contributed by atoms with Crippen LogP contribution in [0.2, 0.25) is 0 Å². The monoisotopic (exact) mass is 476 g/mol. The minimum atomic E-state index is 0.500. The second-order valence-electron chi connectivity index (χ2n) is 4.97. The lowest BCUT2D eigenvalue weighted by Crippen LogP contribution is -2.11. The highest BCUT2D eigenvalue weighted by atomic mass is 32.3. The van der Waals surface area contributed by atoms with Crippen molar-refractivity contribution in [3.8, 4) is 12.1 Å².